The molecule has 1 aliphatic heterocycles. The van der Waals surface area contributed by atoms with E-state index < -0.39 is 0 Å². The van der Waals surface area contributed by atoms with Crippen molar-refractivity contribution in [2.45, 2.75) is 12.8 Å². The number of halogens is 1. The van der Waals surface area contributed by atoms with Gasteiger partial charge in [-0.15, -0.1) is 0 Å². The summed E-state index contributed by atoms with van der Waals surface area (Å²) in [5.74, 6) is 0.717. The monoisotopic (exact) mass is 210 g/mol. The Bertz CT molecular complexity index is 296. The van der Waals surface area contributed by atoms with Gasteiger partial charge in [-0.1, -0.05) is 0 Å². The third kappa shape index (κ3) is 3.16. The first-order chi connectivity index (χ1) is 7.34. The van der Waals surface area contributed by atoms with E-state index in [-0.39, 0.29) is 5.82 Å². The molecule has 1 aromatic rings. The quantitative estimate of drug-likeness (QED) is 0.822. The number of aromatic nitrogens is 1. The van der Waals surface area contributed by atoms with Crippen LogP contribution in [-0.2, 0) is 0 Å². The lowest BCUT2D eigenvalue weighted by atomic mass is 10.0. The average molecular weight is 210 g/mol. The van der Waals surface area contributed by atoms with Crippen molar-refractivity contribution in [3.05, 3.63) is 24.1 Å². The van der Waals surface area contributed by atoms with Crippen LogP contribution in [0.1, 0.15) is 12.8 Å². The second-order valence-corrected chi connectivity index (χ2v) is 3.84. The molecule has 0 radical (unpaired) electrons. The van der Waals surface area contributed by atoms with Gasteiger partial charge >= 0.3 is 0 Å². The van der Waals surface area contributed by atoms with Gasteiger partial charge in [0.15, 0.2) is 0 Å². The number of piperidine rings is 1. The van der Waals surface area contributed by atoms with E-state index in [1.165, 1.54) is 25.1 Å². The molecule has 0 spiro atoms. The molecule has 1 saturated heterocycles. The van der Waals surface area contributed by atoms with Crippen LogP contribution in [0.15, 0.2) is 18.3 Å². The molecule has 2 rings (SSSR count). The zero-order valence-electron chi connectivity index (χ0n) is 8.58. The fourth-order valence-corrected chi connectivity index (χ4v) is 1.72. The molecule has 15 heavy (non-hydrogen) atoms. The minimum atomic E-state index is -0.332. The van der Waals surface area contributed by atoms with Crippen LogP contribution in [0.2, 0.25) is 0 Å². The molecule has 0 amide bonds. The normalized spacial score (nSPS) is 21.3. The lowest BCUT2D eigenvalue weighted by Gasteiger charge is -2.22. The van der Waals surface area contributed by atoms with Crippen LogP contribution in [0.5, 0.6) is 5.88 Å². The number of rotatable bonds is 3. The van der Waals surface area contributed by atoms with Gasteiger partial charge in [0.05, 0.1) is 12.8 Å². The summed E-state index contributed by atoms with van der Waals surface area (Å²) in [7, 11) is 0. The molecule has 82 valence electrons. The molecule has 1 unspecified atom stereocenters. The Morgan fingerprint density at radius 2 is 2.47 bits per heavy atom. The zero-order valence-corrected chi connectivity index (χ0v) is 8.58. The van der Waals surface area contributed by atoms with Crippen molar-refractivity contribution in [3.63, 3.8) is 0 Å². The summed E-state index contributed by atoms with van der Waals surface area (Å²) in [4.78, 5) is 3.85. The van der Waals surface area contributed by atoms with Crippen molar-refractivity contribution in [2.24, 2.45) is 5.92 Å². The Morgan fingerprint density at radius 1 is 1.53 bits per heavy atom. The number of pyridine rings is 1. The van der Waals surface area contributed by atoms with Crippen molar-refractivity contribution in [2.75, 3.05) is 19.7 Å². The first kappa shape index (κ1) is 10.4. The van der Waals surface area contributed by atoms with Crippen molar-refractivity contribution in [1.82, 2.24) is 10.3 Å². The maximum Gasteiger partial charge on any atom is 0.213 e. The summed E-state index contributed by atoms with van der Waals surface area (Å²) >= 11 is 0. The minimum Gasteiger partial charge on any atom is -0.477 e. The van der Waals surface area contributed by atoms with Gasteiger partial charge in [0.1, 0.15) is 5.82 Å². The van der Waals surface area contributed by atoms with Gasteiger partial charge in [-0.3, -0.25) is 0 Å². The van der Waals surface area contributed by atoms with E-state index in [4.69, 9.17) is 4.74 Å². The summed E-state index contributed by atoms with van der Waals surface area (Å²) in [6.45, 7) is 2.76. The summed E-state index contributed by atoms with van der Waals surface area (Å²) in [5, 5.41) is 3.32. The van der Waals surface area contributed by atoms with Gasteiger partial charge in [-0.25, -0.2) is 9.37 Å². The van der Waals surface area contributed by atoms with E-state index in [0.29, 0.717) is 18.4 Å². The van der Waals surface area contributed by atoms with Crippen LogP contribution in [0.3, 0.4) is 0 Å². The molecule has 0 aromatic carbocycles. The van der Waals surface area contributed by atoms with Crippen LogP contribution in [0.4, 0.5) is 4.39 Å². The predicted octanol–water partition coefficient (Wildman–Crippen LogP) is 1.60. The van der Waals surface area contributed by atoms with E-state index in [0.717, 1.165) is 13.1 Å². The SMILES string of the molecule is Fc1ccc(OCC2CCCNC2)nc1. The van der Waals surface area contributed by atoms with Crippen LogP contribution >= 0.6 is 0 Å². The van der Waals surface area contributed by atoms with E-state index >= 15 is 0 Å². The highest BCUT2D eigenvalue weighted by atomic mass is 19.1. The van der Waals surface area contributed by atoms with Gasteiger partial charge < -0.3 is 10.1 Å². The van der Waals surface area contributed by atoms with Gasteiger partial charge in [0.25, 0.3) is 0 Å². The molecule has 1 fully saturated rings. The Kier molecular flexibility index (Phi) is 3.50. The Morgan fingerprint density at radius 3 is 3.13 bits per heavy atom. The summed E-state index contributed by atoms with van der Waals surface area (Å²) in [6.07, 6.45) is 3.56. The van der Waals surface area contributed by atoms with Crippen molar-refractivity contribution < 1.29 is 9.13 Å². The number of nitrogens with zero attached hydrogens (tertiary/aromatic N) is 1. The van der Waals surface area contributed by atoms with Crippen LogP contribution in [0.25, 0.3) is 0 Å². The fraction of sp³-hybridized carbons (Fsp3) is 0.545. The van der Waals surface area contributed by atoms with Gasteiger partial charge in [-0.2, -0.15) is 0 Å². The standard InChI is InChI=1S/C11H15FN2O/c12-10-3-4-11(14-7-10)15-8-9-2-1-5-13-6-9/h3-4,7,9,13H,1-2,5-6,8H2. The van der Waals surface area contributed by atoms with Crippen molar-refractivity contribution in [1.29, 1.82) is 0 Å². The van der Waals surface area contributed by atoms with E-state index in [1.54, 1.807) is 6.07 Å². The topological polar surface area (TPSA) is 34.1 Å². The first-order valence-electron chi connectivity index (χ1n) is 5.29. The molecule has 4 heteroatoms. The number of nitrogens with one attached hydrogen (secondary N) is 1. The number of ether oxygens (including phenoxy) is 1. The highest BCUT2D eigenvalue weighted by Gasteiger charge is 2.13. The third-order valence-corrected chi connectivity index (χ3v) is 2.57. The van der Waals surface area contributed by atoms with Crippen molar-refractivity contribution >= 4 is 0 Å². The van der Waals surface area contributed by atoms with E-state index in [1.807, 2.05) is 0 Å². The van der Waals surface area contributed by atoms with Gasteiger partial charge in [0.2, 0.25) is 5.88 Å². The molecule has 1 atom stereocenters. The highest BCUT2D eigenvalue weighted by molar-refractivity contribution is 5.10. The average Bonchev–Trinajstić information content (AvgIpc) is 2.30. The minimum absolute atomic E-state index is 0.332. The second kappa shape index (κ2) is 5.07. The molecule has 0 saturated carbocycles. The lowest BCUT2D eigenvalue weighted by molar-refractivity contribution is 0.212. The van der Waals surface area contributed by atoms with E-state index in [9.17, 15) is 4.39 Å². The molecule has 1 aromatic heterocycles. The molecule has 1 N–H and O–H groups in total. The summed E-state index contributed by atoms with van der Waals surface area (Å²) in [6, 6.07) is 2.92. The number of hydrogen-bond donors (Lipinski definition) is 1. The Hall–Kier alpha value is -1.16. The lowest BCUT2D eigenvalue weighted by Crippen LogP contribution is -2.33. The fourth-order valence-electron chi connectivity index (χ4n) is 1.72. The largest absolute Gasteiger partial charge is 0.477 e. The second-order valence-electron chi connectivity index (χ2n) is 3.84. The maximum atomic E-state index is 12.6. The van der Waals surface area contributed by atoms with Gasteiger partial charge in [0, 0.05) is 18.5 Å². The maximum absolute atomic E-state index is 12.6. The smallest absolute Gasteiger partial charge is 0.213 e. The number of hydrogen-bond acceptors (Lipinski definition) is 3. The molecular weight excluding hydrogens is 195 g/mol. The molecule has 3 nitrogen and oxygen atoms in total. The summed E-state index contributed by atoms with van der Waals surface area (Å²) in [5.41, 5.74) is 0. The van der Waals surface area contributed by atoms with Crippen molar-refractivity contribution in [3.8, 4) is 5.88 Å². The van der Waals surface area contributed by atoms with E-state index in [2.05, 4.69) is 10.3 Å². The zero-order chi connectivity index (χ0) is 10.5. The van der Waals surface area contributed by atoms with Crippen LogP contribution in [0, 0.1) is 11.7 Å². The Balaban J connectivity index is 1.79. The summed E-state index contributed by atoms with van der Waals surface area (Å²) < 4.78 is 18.0. The highest BCUT2D eigenvalue weighted by Crippen LogP contribution is 2.13. The predicted molar refractivity (Wildman–Crippen MR) is 55.3 cm³/mol. The third-order valence-electron chi connectivity index (χ3n) is 2.57. The molecule has 2 heterocycles. The molecule has 1 aliphatic rings. The van der Waals surface area contributed by atoms with Gasteiger partial charge in [-0.05, 0) is 25.5 Å². The molecule has 0 aliphatic carbocycles. The van der Waals surface area contributed by atoms with Crippen LogP contribution < -0.4 is 10.1 Å². The molecular formula is C11H15FN2O. The first-order valence-corrected chi connectivity index (χ1v) is 5.29. The molecule has 0 bridgehead atoms. The van der Waals surface area contributed by atoms with Crippen LogP contribution in [-0.4, -0.2) is 24.7 Å². The Labute approximate surface area is 88.7 Å².